The monoisotopic (exact) mass is 386 g/mol. The van der Waals surface area contributed by atoms with Crippen LogP contribution in [0.3, 0.4) is 0 Å². The van der Waals surface area contributed by atoms with Crippen molar-refractivity contribution in [2.24, 2.45) is 0 Å². The topological polar surface area (TPSA) is 116 Å². The molecule has 9 heteroatoms. The number of rotatable bonds is 5. The Balaban J connectivity index is 1.42. The highest BCUT2D eigenvalue weighted by Gasteiger charge is 2.14. The predicted molar refractivity (Wildman–Crippen MR) is 98.0 cm³/mol. The maximum Gasteiger partial charge on any atom is 0.331 e. The number of esters is 1. The number of anilines is 1. The molecule has 3 amide bonds. The molecule has 0 radical (unpaired) electrons. The number of hydrogen-bond donors (Lipinski definition) is 2. The minimum atomic E-state index is -0.773. The fourth-order valence-electron chi connectivity index (χ4n) is 2.32. The van der Waals surface area contributed by atoms with E-state index >= 15 is 0 Å². The van der Waals surface area contributed by atoms with Crippen LogP contribution >= 0.6 is 0 Å². The van der Waals surface area contributed by atoms with Crippen LogP contribution in [0.4, 0.5) is 10.5 Å². The first-order valence-electron chi connectivity index (χ1n) is 8.41. The van der Waals surface area contributed by atoms with Gasteiger partial charge in [-0.3, -0.25) is 10.1 Å². The van der Waals surface area contributed by atoms with Crippen LogP contribution in [-0.2, 0) is 14.3 Å². The molecule has 0 bridgehead atoms. The van der Waals surface area contributed by atoms with Crippen molar-refractivity contribution in [2.45, 2.75) is 6.92 Å². The van der Waals surface area contributed by atoms with Gasteiger partial charge in [-0.25, -0.2) is 9.59 Å². The highest BCUT2D eigenvalue weighted by molar-refractivity contribution is 6.02. The molecule has 0 atom stereocenters. The summed E-state index contributed by atoms with van der Waals surface area (Å²) in [5.74, 6) is 0.761. The number of carbonyl (C=O) groups is 3. The first-order valence-corrected chi connectivity index (χ1v) is 8.41. The van der Waals surface area contributed by atoms with Crippen molar-refractivity contribution < 1.29 is 33.0 Å². The summed E-state index contributed by atoms with van der Waals surface area (Å²) in [5, 5.41) is 4.55. The smallest absolute Gasteiger partial charge is 0.331 e. The van der Waals surface area contributed by atoms with Crippen LogP contribution in [0, 0.1) is 6.92 Å². The molecule has 3 rings (SSSR count). The van der Waals surface area contributed by atoms with Crippen molar-refractivity contribution in [1.82, 2.24) is 5.32 Å². The summed E-state index contributed by atoms with van der Waals surface area (Å²) in [5.41, 5.74) is 0.420. The lowest BCUT2D eigenvalue weighted by Crippen LogP contribution is -2.37. The van der Waals surface area contributed by atoms with Gasteiger partial charge in [0.2, 0.25) is 0 Å². The van der Waals surface area contributed by atoms with Gasteiger partial charge < -0.3 is 23.9 Å². The maximum absolute atomic E-state index is 11.9. The Morgan fingerprint density at radius 2 is 1.89 bits per heavy atom. The van der Waals surface area contributed by atoms with Crippen LogP contribution in [-0.4, -0.2) is 37.7 Å². The average molecular weight is 386 g/mol. The number of amides is 3. The van der Waals surface area contributed by atoms with Gasteiger partial charge >= 0.3 is 12.0 Å². The fraction of sp³-hybridized carbons (Fsp3) is 0.211. The third kappa shape index (κ3) is 5.37. The quantitative estimate of drug-likeness (QED) is 0.598. The minimum Gasteiger partial charge on any atom is -0.486 e. The zero-order valence-electron chi connectivity index (χ0n) is 15.0. The van der Waals surface area contributed by atoms with E-state index < -0.39 is 24.5 Å². The molecule has 28 heavy (non-hydrogen) atoms. The summed E-state index contributed by atoms with van der Waals surface area (Å²) < 4.78 is 20.8. The molecule has 1 aliphatic rings. The van der Waals surface area contributed by atoms with Gasteiger partial charge in [-0.2, -0.15) is 0 Å². The van der Waals surface area contributed by atoms with Crippen LogP contribution in [0.25, 0.3) is 6.08 Å². The number of urea groups is 1. The van der Waals surface area contributed by atoms with Gasteiger partial charge in [-0.15, -0.1) is 0 Å². The summed E-state index contributed by atoms with van der Waals surface area (Å²) in [7, 11) is 0. The fourth-order valence-corrected chi connectivity index (χ4v) is 2.32. The van der Waals surface area contributed by atoms with Crippen LogP contribution in [0.5, 0.6) is 11.5 Å². The summed E-state index contributed by atoms with van der Waals surface area (Å²) in [6.07, 6.45) is 2.54. The number of nitrogens with one attached hydrogen (secondary N) is 2. The molecular formula is C19H18N2O7. The number of imide groups is 1. The van der Waals surface area contributed by atoms with Gasteiger partial charge in [-0.1, -0.05) is 0 Å². The minimum absolute atomic E-state index is 0.417. The van der Waals surface area contributed by atoms with Crippen LogP contribution in [0.2, 0.25) is 0 Å². The van der Waals surface area contributed by atoms with E-state index in [0.29, 0.717) is 41.9 Å². The van der Waals surface area contributed by atoms with Gasteiger partial charge in [0.05, 0.1) is 0 Å². The zero-order valence-corrected chi connectivity index (χ0v) is 15.0. The summed E-state index contributed by atoms with van der Waals surface area (Å²) in [6.45, 7) is 2.05. The van der Waals surface area contributed by atoms with Crippen LogP contribution < -0.4 is 20.1 Å². The van der Waals surface area contributed by atoms with Crippen molar-refractivity contribution >= 4 is 29.7 Å². The normalized spacial score (nSPS) is 12.5. The van der Waals surface area contributed by atoms with Gasteiger partial charge in [0.15, 0.2) is 18.1 Å². The molecule has 2 N–H and O–H groups in total. The number of ether oxygens (including phenoxy) is 3. The number of furan rings is 1. The van der Waals surface area contributed by atoms with E-state index in [9.17, 15) is 14.4 Å². The van der Waals surface area contributed by atoms with E-state index in [1.54, 1.807) is 37.3 Å². The summed E-state index contributed by atoms with van der Waals surface area (Å²) >= 11 is 0. The summed E-state index contributed by atoms with van der Waals surface area (Å²) in [4.78, 5) is 35.2. The summed E-state index contributed by atoms with van der Waals surface area (Å²) in [6, 6.07) is 7.52. The van der Waals surface area contributed by atoms with Crippen molar-refractivity contribution in [3.8, 4) is 11.5 Å². The second-order valence-electron chi connectivity index (χ2n) is 5.75. The van der Waals surface area contributed by atoms with Gasteiger partial charge in [0, 0.05) is 17.8 Å². The lowest BCUT2D eigenvalue weighted by Gasteiger charge is -2.19. The molecular weight excluding hydrogens is 368 g/mol. The molecule has 1 aliphatic heterocycles. The number of hydrogen-bond acceptors (Lipinski definition) is 7. The Hall–Kier alpha value is -3.75. The van der Waals surface area contributed by atoms with Gasteiger partial charge in [0.1, 0.15) is 24.7 Å². The Morgan fingerprint density at radius 1 is 1.11 bits per heavy atom. The third-order valence-corrected chi connectivity index (χ3v) is 3.54. The van der Waals surface area contributed by atoms with Crippen LogP contribution in [0.1, 0.15) is 11.5 Å². The number of benzene rings is 1. The average Bonchev–Trinajstić information content (AvgIpc) is 3.10. The van der Waals surface area contributed by atoms with E-state index in [4.69, 9.17) is 18.6 Å². The highest BCUT2D eigenvalue weighted by atomic mass is 16.6. The largest absolute Gasteiger partial charge is 0.486 e. The Bertz CT molecular complexity index is 917. The van der Waals surface area contributed by atoms with E-state index in [-0.39, 0.29) is 0 Å². The molecule has 2 heterocycles. The van der Waals surface area contributed by atoms with Crippen molar-refractivity contribution in [3.05, 3.63) is 47.9 Å². The molecule has 0 aliphatic carbocycles. The van der Waals surface area contributed by atoms with Crippen molar-refractivity contribution in [1.29, 1.82) is 0 Å². The molecule has 1 aromatic carbocycles. The molecule has 2 aromatic rings. The SMILES string of the molecule is Cc1ccc(/C=C/C(=O)OCC(=O)NC(=O)Nc2ccc3c(c2)OCCO3)o1. The molecule has 9 nitrogen and oxygen atoms in total. The van der Waals surface area contributed by atoms with Gasteiger partial charge in [-0.05, 0) is 37.3 Å². The third-order valence-electron chi connectivity index (χ3n) is 3.54. The lowest BCUT2D eigenvalue weighted by molar-refractivity contribution is -0.143. The molecule has 0 spiro atoms. The molecule has 0 saturated carbocycles. The van der Waals surface area contributed by atoms with E-state index in [0.717, 1.165) is 6.08 Å². The van der Waals surface area contributed by atoms with Crippen molar-refractivity contribution in [2.75, 3.05) is 25.1 Å². The first kappa shape index (κ1) is 19.0. The predicted octanol–water partition coefficient (Wildman–Crippen LogP) is 2.26. The van der Waals surface area contributed by atoms with E-state index in [1.165, 1.54) is 6.08 Å². The zero-order chi connectivity index (χ0) is 19.9. The standard InChI is InChI=1S/C19H18N2O7/c1-12-2-4-14(28-12)5-7-18(23)27-11-17(22)21-19(24)20-13-3-6-15-16(10-13)26-9-8-25-15/h2-7,10H,8-9,11H2,1H3,(H2,20,21,22,24)/b7-5+. The Kier molecular flexibility index (Phi) is 5.95. The maximum atomic E-state index is 11.9. The van der Waals surface area contributed by atoms with Crippen LogP contribution in [0.15, 0.2) is 40.8 Å². The molecule has 1 aromatic heterocycles. The number of fused-ring (bicyclic) bond motifs is 1. The van der Waals surface area contributed by atoms with E-state index in [2.05, 4.69) is 10.6 Å². The second kappa shape index (κ2) is 8.76. The Morgan fingerprint density at radius 3 is 2.64 bits per heavy atom. The van der Waals surface area contributed by atoms with Gasteiger partial charge in [0.25, 0.3) is 5.91 Å². The molecule has 0 saturated heterocycles. The Labute approximate surface area is 160 Å². The highest BCUT2D eigenvalue weighted by Crippen LogP contribution is 2.32. The molecule has 0 fully saturated rings. The number of carbonyl (C=O) groups excluding carboxylic acids is 3. The first-order chi connectivity index (χ1) is 13.5. The molecule has 146 valence electrons. The molecule has 0 unspecified atom stereocenters. The van der Waals surface area contributed by atoms with E-state index in [1.807, 2.05) is 0 Å². The van der Waals surface area contributed by atoms with Crippen molar-refractivity contribution in [3.63, 3.8) is 0 Å². The number of aryl methyl sites for hydroxylation is 1. The lowest BCUT2D eigenvalue weighted by atomic mass is 10.2. The second-order valence-corrected chi connectivity index (χ2v) is 5.75.